The van der Waals surface area contributed by atoms with Gasteiger partial charge in [0.25, 0.3) is 11.8 Å². The van der Waals surface area contributed by atoms with Crippen molar-refractivity contribution < 1.29 is 9.59 Å². The largest absolute Gasteiger partial charge is 0.347 e. The van der Waals surface area contributed by atoms with Crippen LogP contribution >= 0.6 is 0 Å². The van der Waals surface area contributed by atoms with E-state index in [1.165, 1.54) is 6.20 Å². The maximum Gasteiger partial charge on any atom is 0.270 e. The molecule has 0 saturated carbocycles. The Morgan fingerprint density at radius 1 is 1.24 bits per heavy atom. The number of aromatic nitrogens is 1. The van der Waals surface area contributed by atoms with E-state index in [-0.39, 0.29) is 17.5 Å². The van der Waals surface area contributed by atoms with Crippen molar-refractivity contribution in [3.8, 4) is 0 Å². The smallest absolute Gasteiger partial charge is 0.270 e. The van der Waals surface area contributed by atoms with Gasteiger partial charge >= 0.3 is 0 Å². The Bertz CT molecular complexity index is 746. The Morgan fingerprint density at radius 2 is 2.04 bits per heavy atom. The predicted molar refractivity (Wildman–Crippen MR) is 96.2 cm³/mol. The number of nitrogens with zero attached hydrogens (tertiary/aromatic N) is 2. The third-order valence-corrected chi connectivity index (χ3v) is 4.48. The van der Waals surface area contributed by atoms with Gasteiger partial charge in [-0.2, -0.15) is 0 Å². The molecule has 2 aromatic rings. The quantitative estimate of drug-likeness (QED) is 0.933. The summed E-state index contributed by atoms with van der Waals surface area (Å²) in [5.41, 5.74) is 1.81. The molecule has 130 valence electrons. The monoisotopic (exact) mass is 337 g/mol. The van der Waals surface area contributed by atoms with E-state index in [4.69, 9.17) is 0 Å². The van der Waals surface area contributed by atoms with Gasteiger partial charge in [0.1, 0.15) is 5.69 Å². The minimum atomic E-state index is -0.273. The Kier molecular flexibility index (Phi) is 5.43. The van der Waals surface area contributed by atoms with Gasteiger partial charge in [-0.25, -0.2) is 0 Å². The molecule has 2 amide bonds. The Morgan fingerprint density at radius 3 is 2.80 bits per heavy atom. The molecule has 0 bridgehead atoms. The number of hydrogen-bond donors (Lipinski definition) is 1. The molecule has 1 aliphatic heterocycles. The van der Waals surface area contributed by atoms with E-state index in [2.05, 4.69) is 17.2 Å². The van der Waals surface area contributed by atoms with Crippen LogP contribution < -0.4 is 5.32 Å². The molecule has 0 radical (unpaired) electrons. The van der Waals surface area contributed by atoms with Crippen LogP contribution in [0.4, 0.5) is 0 Å². The fraction of sp³-hybridized carbons (Fsp3) is 0.350. The number of carbonyl (C=O) groups excluding carboxylic acids is 2. The predicted octanol–water partition coefficient (Wildman–Crippen LogP) is 2.88. The van der Waals surface area contributed by atoms with Gasteiger partial charge in [-0.15, -0.1) is 0 Å². The van der Waals surface area contributed by atoms with Gasteiger partial charge in [-0.1, -0.05) is 37.3 Å². The highest BCUT2D eigenvalue weighted by Crippen LogP contribution is 2.18. The third kappa shape index (κ3) is 4.44. The number of benzene rings is 1. The Balaban J connectivity index is 1.66. The van der Waals surface area contributed by atoms with Crippen molar-refractivity contribution in [2.75, 3.05) is 13.1 Å². The van der Waals surface area contributed by atoms with Crippen molar-refractivity contribution in [1.82, 2.24) is 15.2 Å². The summed E-state index contributed by atoms with van der Waals surface area (Å²) in [4.78, 5) is 31.0. The Labute approximate surface area is 148 Å². The van der Waals surface area contributed by atoms with Crippen molar-refractivity contribution in [2.45, 2.75) is 26.3 Å². The zero-order valence-electron chi connectivity index (χ0n) is 14.4. The molecular formula is C20H23N3O2. The zero-order valence-corrected chi connectivity index (χ0v) is 14.4. The number of rotatable bonds is 4. The second kappa shape index (κ2) is 7.92. The van der Waals surface area contributed by atoms with Crippen LogP contribution in [0.1, 0.15) is 46.2 Å². The van der Waals surface area contributed by atoms with E-state index >= 15 is 0 Å². The lowest BCUT2D eigenvalue weighted by molar-refractivity contribution is 0.0683. The summed E-state index contributed by atoms with van der Waals surface area (Å²) in [6.07, 6.45) is 3.72. The summed E-state index contributed by atoms with van der Waals surface area (Å²) in [5.74, 6) is 0.227. The van der Waals surface area contributed by atoms with Gasteiger partial charge in [0.05, 0.1) is 0 Å². The average Bonchev–Trinajstić information content (AvgIpc) is 2.66. The lowest BCUT2D eigenvalue weighted by atomic mass is 9.99. The van der Waals surface area contributed by atoms with E-state index in [0.29, 0.717) is 18.0 Å². The summed E-state index contributed by atoms with van der Waals surface area (Å²) >= 11 is 0. The third-order valence-electron chi connectivity index (χ3n) is 4.48. The highest BCUT2D eigenvalue weighted by Gasteiger charge is 2.22. The molecule has 5 heteroatoms. The Hall–Kier alpha value is -2.69. The zero-order chi connectivity index (χ0) is 17.6. The van der Waals surface area contributed by atoms with Crippen molar-refractivity contribution in [2.24, 2.45) is 5.92 Å². The van der Waals surface area contributed by atoms with Crippen LogP contribution in [0.2, 0.25) is 0 Å². The molecule has 1 fully saturated rings. The molecule has 1 unspecified atom stereocenters. The standard InChI is InChI=1S/C20H23N3O2/c1-15-6-5-11-23(14-15)20(25)17-9-10-21-18(12-17)19(24)22-13-16-7-3-2-4-8-16/h2-4,7-10,12,15H,5-6,11,13-14H2,1H3,(H,22,24). The summed E-state index contributed by atoms with van der Waals surface area (Å²) in [6, 6.07) is 13.0. The fourth-order valence-electron chi connectivity index (χ4n) is 3.11. The number of pyridine rings is 1. The van der Waals surface area contributed by atoms with Crippen LogP contribution in [-0.2, 0) is 6.54 Å². The molecule has 0 aliphatic carbocycles. The highest BCUT2D eigenvalue weighted by atomic mass is 16.2. The molecule has 1 aromatic carbocycles. The van der Waals surface area contributed by atoms with Crippen molar-refractivity contribution in [3.63, 3.8) is 0 Å². The van der Waals surface area contributed by atoms with Crippen molar-refractivity contribution in [1.29, 1.82) is 0 Å². The van der Waals surface area contributed by atoms with Crippen LogP contribution in [0.3, 0.4) is 0 Å². The molecule has 25 heavy (non-hydrogen) atoms. The van der Waals surface area contributed by atoms with E-state index < -0.39 is 0 Å². The van der Waals surface area contributed by atoms with Gasteiger partial charge in [0.15, 0.2) is 0 Å². The van der Waals surface area contributed by atoms with Gasteiger partial charge in [-0.05, 0) is 36.5 Å². The lowest BCUT2D eigenvalue weighted by Gasteiger charge is -2.31. The molecule has 0 spiro atoms. The van der Waals surface area contributed by atoms with E-state index in [9.17, 15) is 9.59 Å². The maximum atomic E-state index is 12.7. The lowest BCUT2D eigenvalue weighted by Crippen LogP contribution is -2.39. The van der Waals surface area contributed by atoms with E-state index in [0.717, 1.165) is 31.5 Å². The minimum absolute atomic E-state index is 0.0222. The second-order valence-corrected chi connectivity index (χ2v) is 6.60. The van der Waals surface area contributed by atoms with Crippen LogP contribution in [-0.4, -0.2) is 34.8 Å². The first-order valence-corrected chi connectivity index (χ1v) is 8.71. The summed E-state index contributed by atoms with van der Waals surface area (Å²) < 4.78 is 0. The van der Waals surface area contributed by atoms with Crippen molar-refractivity contribution in [3.05, 3.63) is 65.5 Å². The average molecular weight is 337 g/mol. The number of carbonyl (C=O) groups is 2. The van der Waals surface area contributed by atoms with Crippen LogP contribution in [0.15, 0.2) is 48.7 Å². The molecule has 2 heterocycles. The summed E-state index contributed by atoms with van der Waals surface area (Å²) in [5, 5.41) is 2.84. The van der Waals surface area contributed by atoms with Gasteiger partial charge in [0.2, 0.25) is 0 Å². The molecule has 1 aliphatic rings. The van der Waals surface area contributed by atoms with E-state index in [1.807, 2.05) is 35.2 Å². The van der Waals surface area contributed by atoms with Crippen LogP contribution in [0, 0.1) is 5.92 Å². The van der Waals surface area contributed by atoms with Crippen molar-refractivity contribution >= 4 is 11.8 Å². The molecule has 3 rings (SSSR count). The molecule has 1 atom stereocenters. The SMILES string of the molecule is CC1CCCN(C(=O)c2ccnc(C(=O)NCc3ccccc3)c2)C1. The summed E-state index contributed by atoms with van der Waals surface area (Å²) in [7, 11) is 0. The topological polar surface area (TPSA) is 62.3 Å². The highest BCUT2D eigenvalue weighted by molar-refractivity contribution is 5.98. The normalized spacial score (nSPS) is 17.2. The molecule has 1 saturated heterocycles. The van der Waals surface area contributed by atoms with Crippen LogP contribution in [0.5, 0.6) is 0 Å². The molecular weight excluding hydrogens is 314 g/mol. The molecule has 5 nitrogen and oxygen atoms in total. The number of hydrogen-bond acceptors (Lipinski definition) is 3. The summed E-state index contributed by atoms with van der Waals surface area (Å²) in [6.45, 7) is 4.15. The fourth-order valence-corrected chi connectivity index (χ4v) is 3.11. The van der Waals surface area contributed by atoms with Gasteiger partial charge in [-0.3, -0.25) is 14.6 Å². The number of amides is 2. The number of nitrogens with one attached hydrogen (secondary N) is 1. The first-order chi connectivity index (χ1) is 12.1. The van der Waals surface area contributed by atoms with Crippen LogP contribution in [0.25, 0.3) is 0 Å². The maximum absolute atomic E-state index is 12.7. The molecule has 1 aromatic heterocycles. The van der Waals surface area contributed by atoms with Gasteiger partial charge in [0, 0.05) is 31.4 Å². The second-order valence-electron chi connectivity index (χ2n) is 6.60. The molecule has 1 N–H and O–H groups in total. The van der Waals surface area contributed by atoms with Gasteiger partial charge < -0.3 is 10.2 Å². The minimum Gasteiger partial charge on any atom is -0.347 e. The first-order valence-electron chi connectivity index (χ1n) is 8.71. The number of piperidine rings is 1. The number of likely N-dealkylation sites (tertiary alicyclic amines) is 1. The first kappa shape index (κ1) is 17.1. The van der Waals surface area contributed by atoms with E-state index in [1.54, 1.807) is 12.1 Å².